The molecule has 0 aromatic heterocycles. The highest BCUT2D eigenvalue weighted by Gasteiger charge is 2.06. The fourth-order valence-corrected chi connectivity index (χ4v) is 2.69. The molecule has 3 rings (SSSR count). The molecule has 0 heterocycles. The summed E-state index contributed by atoms with van der Waals surface area (Å²) in [7, 11) is 0. The largest absolute Gasteiger partial charge is 0.504 e. The van der Waals surface area contributed by atoms with E-state index in [1.165, 1.54) is 12.3 Å². The Labute approximate surface area is 179 Å². The van der Waals surface area contributed by atoms with Crippen LogP contribution in [0.4, 0.5) is 0 Å². The third-order valence-electron chi connectivity index (χ3n) is 4.10. The van der Waals surface area contributed by atoms with Crippen molar-refractivity contribution in [2.45, 2.75) is 13.5 Å². The molecule has 154 valence electrons. The van der Waals surface area contributed by atoms with E-state index in [4.69, 9.17) is 21.1 Å². The summed E-state index contributed by atoms with van der Waals surface area (Å²) in [5.41, 5.74) is 4.60. The van der Waals surface area contributed by atoms with Gasteiger partial charge < -0.3 is 14.6 Å². The molecule has 0 radical (unpaired) electrons. The number of ether oxygens (including phenoxy) is 2. The second-order valence-electron chi connectivity index (χ2n) is 6.30. The lowest BCUT2D eigenvalue weighted by Gasteiger charge is -2.07. The molecule has 0 saturated heterocycles. The fraction of sp³-hybridized carbons (Fsp3) is 0.130. The number of rotatable bonds is 8. The Morgan fingerprint density at radius 2 is 1.80 bits per heavy atom. The van der Waals surface area contributed by atoms with Crippen LogP contribution in [0.5, 0.6) is 17.2 Å². The number of phenolic OH excluding ortho intramolecular Hbond substituents is 1. The summed E-state index contributed by atoms with van der Waals surface area (Å²) in [4.78, 5) is 12.2. The smallest absolute Gasteiger partial charge is 0.271 e. The Balaban J connectivity index is 1.53. The van der Waals surface area contributed by atoms with Crippen molar-refractivity contribution in [2.24, 2.45) is 5.10 Å². The van der Waals surface area contributed by atoms with Gasteiger partial charge in [-0.1, -0.05) is 23.7 Å². The second-order valence-corrected chi connectivity index (χ2v) is 6.74. The molecule has 1 amide bonds. The van der Waals surface area contributed by atoms with Crippen LogP contribution in [-0.4, -0.2) is 23.8 Å². The van der Waals surface area contributed by atoms with Crippen molar-refractivity contribution < 1.29 is 19.4 Å². The summed E-state index contributed by atoms with van der Waals surface area (Å²) in [6.07, 6.45) is 1.48. The van der Waals surface area contributed by atoms with Crippen molar-refractivity contribution >= 4 is 23.7 Å². The highest BCUT2D eigenvalue weighted by Crippen LogP contribution is 2.26. The molecular weight excluding hydrogens is 404 g/mol. The number of halogens is 1. The van der Waals surface area contributed by atoms with Gasteiger partial charge in [-0.3, -0.25) is 4.79 Å². The maximum atomic E-state index is 12.2. The number of benzene rings is 3. The molecule has 3 aromatic carbocycles. The van der Waals surface area contributed by atoms with E-state index in [1.807, 2.05) is 31.2 Å². The minimum absolute atomic E-state index is 0.0522. The summed E-state index contributed by atoms with van der Waals surface area (Å²) < 4.78 is 11.0. The lowest BCUT2D eigenvalue weighted by molar-refractivity contribution is 0.0955. The van der Waals surface area contributed by atoms with E-state index >= 15 is 0 Å². The van der Waals surface area contributed by atoms with Crippen molar-refractivity contribution in [3.8, 4) is 17.2 Å². The van der Waals surface area contributed by atoms with Gasteiger partial charge in [0.2, 0.25) is 0 Å². The SMILES string of the molecule is CCOc1cc(C=NNC(=O)c2ccc(OCc3ccc(Cl)cc3)cc2)ccc1O. The molecule has 0 aliphatic rings. The number of nitrogens with zero attached hydrogens (tertiary/aromatic N) is 1. The molecule has 30 heavy (non-hydrogen) atoms. The zero-order chi connectivity index (χ0) is 21.3. The van der Waals surface area contributed by atoms with Crippen LogP contribution >= 0.6 is 11.6 Å². The Morgan fingerprint density at radius 3 is 2.50 bits per heavy atom. The van der Waals surface area contributed by atoms with Crippen LogP contribution in [-0.2, 0) is 6.61 Å². The zero-order valence-electron chi connectivity index (χ0n) is 16.3. The minimum Gasteiger partial charge on any atom is -0.504 e. The van der Waals surface area contributed by atoms with Gasteiger partial charge in [-0.2, -0.15) is 5.10 Å². The number of hydrogen-bond donors (Lipinski definition) is 2. The van der Waals surface area contributed by atoms with Crippen molar-refractivity contribution in [3.05, 3.63) is 88.4 Å². The van der Waals surface area contributed by atoms with Gasteiger partial charge in [0.1, 0.15) is 12.4 Å². The van der Waals surface area contributed by atoms with E-state index in [-0.39, 0.29) is 11.7 Å². The van der Waals surface area contributed by atoms with Crippen LogP contribution in [0.1, 0.15) is 28.4 Å². The molecule has 0 aliphatic carbocycles. The molecular formula is C23H21ClN2O4. The second kappa shape index (κ2) is 10.3. The highest BCUT2D eigenvalue weighted by molar-refractivity contribution is 6.30. The molecule has 0 saturated carbocycles. The van der Waals surface area contributed by atoms with Gasteiger partial charge in [0.15, 0.2) is 11.5 Å². The van der Waals surface area contributed by atoms with Gasteiger partial charge in [0.05, 0.1) is 12.8 Å². The maximum Gasteiger partial charge on any atom is 0.271 e. The van der Waals surface area contributed by atoms with Crippen LogP contribution in [0.3, 0.4) is 0 Å². The molecule has 0 unspecified atom stereocenters. The number of hydrazone groups is 1. The predicted molar refractivity (Wildman–Crippen MR) is 117 cm³/mol. The van der Waals surface area contributed by atoms with E-state index in [0.717, 1.165) is 5.56 Å². The molecule has 0 aliphatic heterocycles. The molecule has 0 spiro atoms. The van der Waals surface area contributed by atoms with Crippen molar-refractivity contribution in [1.29, 1.82) is 0 Å². The first-order chi connectivity index (χ1) is 14.5. The summed E-state index contributed by atoms with van der Waals surface area (Å²) >= 11 is 5.87. The van der Waals surface area contributed by atoms with Crippen LogP contribution in [0.2, 0.25) is 5.02 Å². The molecule has 0 fully saturated rings. The molecule has 3 aromatic rings. The van der Waals surface area contributed by atoms with E-state index in [1.54, 1.807) is 36.4 Å². The van der Waals surface area contributed by atoms with Gasteiger partial charge >= 0.3 is 0 Å². The van der Waals surface area contributed by atoms with Crippen LogP contribution in [0.25, 0.3) is 0 Å². The van der Waals surface area contributed by atoms with Gasteiger partial charge in [-0.25, -0.2) is 5.43 Å². The van der Waals surface area contributed by atoms with Crippen molar-refractivity contribution in [1.82, 2.24) is 5.43 Å². The average Bonchev–Trinajstić information content (AvgIpc) is 2.76. The van der Waals surface area contributed by atoms with E-state index in [0.29, 0.717) is 40.9 Å². The molecule has 6 nitrogen and oxygen atoms in total. The molecule has 7 heteroatoms. The summed E-state index contributed by atoms with van der Waals surface area (Å²) in [5.74, 6) is 0.718. The zero-order valence-corrected chi connectivity index (χ0v) is 17.1. The summed E-state index contributed by atoms with van der Waals surface area (Å²) in [6.45, 7) is 2.67. The van der Waals surface area contributed by atoms with Gasteiger partial charge in [0.25, 0.3) is 5.91 Å². The number of carbonyl (C=O) groups excluding carboxylic acids is 1. The Hall–Kier alpha value is -3.51. The predicted octanol–water partition coefficient (Wildman–Crippen LogP) is 4.79. The molecule has 2 N–H and O–H groups in total. The first kappa shape index (κ1) is 21.2. The fourth-order valence-electron chi connectivity index (χ4n) is 2.56. The van der Waals surface area contributed by atoms with Crippen molar-refractivity contribution in [3.63, 3.8) is 0 Å². The first-order valence-corrected chi connectivity index (χ1v) is 9.69. The normalized spacial score (nSPS) is 10.7. The lowest BCUT2D eigenvalue weighted by atomic mass is 10.2. The van der Waals surface area contributed by atoms with E-state index in [9.17, 15) is 9.90 Å². The third-order valence-corrected chi connectivity index (χ3v) is 4.35. The number of amides is 1. The monoisotopic (exact) mass is 424 g/mol. The van der Waals surface area contributed by atoms with Crippen LogP contribution < -0.4 is 14.9 Å². The number of hydrogen-bond acceptors (Lipinski definition) is 5. The highest BCUT2D eigenvalue weighted by atomic mass is 35.5. The number of aromatic hydroxyl groups is 1. The topological polar surface area (TPSA) is 80.2 Å². The standard InChI is InChI=1S/C23H21ClN2O4/c1-2-29-22-13-17(5-12-21(22)27)14-25-26-23(28)18-6-10-20(11-7-18)30-15-16-3-8-19(24)9-4-16/h3-14,27H,2,15H2,1H3,(H,26,28). The van der Waals surface area contributed by atoms with Gasteiger partial charge in [-0.05, 0) is 72.6 Å². The minimum atomic E-state index is -0.348. The van der Waals surface area contributed by atoms with Gasteiger partial charge in [-0.15, -0.1) is 0 Å². The van der Waals surface area contributed by atoms with E-state index < -0.39 is 0 Å². The number of carbonyl (C=O) groups is 1. The van der Waals surface area contributed by atoms with Gasteiger partial charge in [0, 0.05) is 10.6 Å². The quantitative estimate of drug-likeness (QED) is 0.402. The van der Waals surface area contributed by atoms with Crippen LogP contribution in [0.15, 0.2) is 71.8 Å². The summed E-state index contributed by atoms with van der Waals surface area (Å²) in [5, 5.41) is 14.3. The first-order valence-electron chi connectivity index (χ1n) is 9.31. The number of nitrogens with one attached hydrogen (secondary N) is 1. The number of phenols is 1. The molecule has 0 atom stereocenters. The van der Waals surface area contributed by atoms with Crippen molar-refractivity contribution in [2.75, 3.05) is 6.61 Å². The van der Waals surface area contributed by atoms with Crippen LogP contribution in [0, 0.1) is 0 Å². The Morgan fingerprint density at radius 1 is 1.07 bits per heavy atom. The lowest BCUT2D eigenvalue weighted by Crippen LogP contribution is -2.17. The summed E-state index contributed by atoms with van der Waals surface area (Å²) in [6, 6.07) is 19.0. The average molecular weight is 425 g/mol. The Kier molecular flexibility index (Phi) is 7.29. The third kappa shape index (κ3) is 5.99. The van der Waals surface area contributed by atoms with E-state index in [2.05, 4.69) is 10.5 Å². The maximum absolute atomic E-state index is 12.2. The molecule has 0 bridgehead atoms. The Bertz CT molecular complexity index is 1020.